The summed E-state index contributed by atoms with van der Waals surface area (Å²) in [4.78, 5) is 11.8. The predicted octanol–water partition coefficient (Wildman–Crippen LogP) is 4.07. The molecular weight excluding hydrogens is 328 g/mol. The first kappa shape index (κ1) is 16.2. The normalized spacial score (nSPS) is 10.5. The first-order valence-corrected chi connectivity index (χ1v) is 7.87. The molecule has 0 aliphatic carbocycles. The molecule has 0 amide bonds. The smallest absolute Gasteiger partial charge is 0.306 e. The van der Waals surface area contributed by atoms with Crippen LogP contribution in [0.3, 0.4) is 0 Å². The Morgan fingerprint density at radius 1 is 1.04 bits per heavy atom. The average molecular weight is 343 g/mol. The van der Waals surface area contributed by atoms with E-state index in [1.54, 1.807) is 6.07 Å². The van der Waals surface area contributed by atoms with Crippen LogP contribution in [0.15, 0.2) is 59.0 Å². The zero-order chi connectivity index (χ0) is 16.8. The van der Waals surface area contributed by atoms with Crippen molar-refractivity contribution in [3.8, 4) is 11.5 Å². The number of esters is 1. The highest BCUT2D eigenvalue weighted by Gasteiger charge is 2.11. The maximum atomic E-state index is 11.8. The lowest BCUT2D eigenvalue weighted by molar-refractivity contribution is -0.145. The van der Waals surface area contributed by atoms with Crippen LogP contribution in [0.25, 0.3) is 11.5 Å². The number of ether oxygens (including phenoxy) is 1. The van der Waals surface area contributed by atoms with Gasteiger partial charge in [-0.3, -0.25) is 4.79 Å². The highest BCUT2D eigenvalue weighted by Crippen LogP contribution is 2.18. The maximum absolute atomic E-state index is 11.8. The SMILES string of the molecule is O=C(CCc1ccccc1Cl)OCc1nnc(-c2ccccc2)o1. The molecule has 24 heavy (non-hydrogen) atoms. The lowest BCUT2D eigenvalue weighted by Crippen LogP contribution is -2.06. The molecule has 1 aromatic heterocycles. The highest BCUT2D eigenvalue weighted by molar-refractivity contribution is 6.31. The third-order valence-corrected chi connectivity index (χ3v) is 3.77. The van der Waals surface area contributed by atoms with E-state index in [-0.39, 0.29) is 24.9 Å². The molecule has 0 atom stereocenters. The van der Waals surface area contributed by atoms with Crippen LogP contribution in [0.4, 0.5) is 0 Å². The first-order valence-electron chi connectivity index (χ1n) is 7.49. The molecular formula is C18H15ClN2O3. The van der Waals surface area contributed by atoms with Gasteiger partial charge in [0.25, 0.3) is 5.89 Å². The van der Waals surface area contributed by atoms with Crippen LogP contribution < -0.4 is 0 Å². The molecule has 0 saturated carbocycles. The molecule has 0 spiro atoms. The fourth-order valence-corrected chi connectivity index (χ4v) is 2.39. The van der Waals surface area contributed by atoms with Gasteiger partial charge in [0.15, 0.2) is 6.61 Å². The van der Waals surface area contributed by atoms with Crippen molar-refractivity contribution in [3.05, 3.63) is 71.1 Å². The number of hydrogen-bond donors (Lipinski definition) is 0. The van der Waals surface area contributed by atoms with Crippen molar-refractivity contribution < 1.29 is 13.9 Å². The van der Waals surface area contributed by atoms with E-state index in [2.05, 4.69) is 10.2 Å². The number of hydrogen-bond acceptors (Lipinski definition) is 5. The molecule has 0 aliphatic rings. The molecule has 1 heterocycles. The van der Waals surface area contributed by atoms with Gasteiger partial charge in [0.2, 0.25) is 5.89 Å². The molecule has 0 N–H and O–H groups in total. The van der Waals surface area contributed by atoms with Gasteiger partial charge in [0.1, 0.15) is 0 Å². The number of nitrogens with zero attached hydrogens (tertiary/aromatic N) is 2. The third kappa shape index (κ3) is 4.20. The molecule has 0 aliphatic heterocycles. The second kappa shape index (κ2) is 7.75. The van der Waals surface area contributed by atoms with Crippen molar-refractivity contribution in [2.75, 3.05) is 0 Å². The van der Waals surface area contributed by atoms with Crippen molar-refractivity contribution in [1.29, 1.82) is 0 Å². The largest absolute Gasteiger partial charge is 0.456 e. The van der Waals surface area contributed by atoms with Crippen LogP contribution >= 0.6 is 11.6 Å². The molecule has 122 valence electrons. The van der Waals surface area contributed by atoms with Gasteiger partial charge in [0.05, 0.1) is 0 Å². The second-order valence-electron chi connectivity index (χ2n) is 5.12. The minimum atomic E-state index is -0.339. The zero-order valence-electron chi connectivity index (χ0n) is 12.8. The van der Waals surface area contributed by atoms with Crippen molar-refractivity contribution in [2.45, 2.75) is 19.4 Å². The van der Waals surface area contributed by atoms with Crippen molar-refractivity contribution in [3.63, 3.8) is 0 Å². The van der Waals surface area contributed by atoms with Crippen LogP contribution in [0, 0.1) is 0 Å². The van der Waals surface area contributed by atoms with Gasteiger partial charge in [0, 0.05) is 17.0 Å². The average Bonchev–Trinajstić information content (AvgIpc) is 3.09. The summed E-state index contributed by atoms with van der Waals surface area (Å²) in [6.07, 6.45) is 0.765. The summed E-state index contributed by atoms with van der Waals surface area (Å²) in [5.41, 5.74) is 1.74. The van der Waals surface area contributed by atoms with E-state index in [9.17, 15) is 4.79 Å². The van der Waals surface area contributed by atoms with Gasteiger partial charge >= 0.3 is 5.97 Å². The van der Waals surface area contributed by atoms with Gasteiger partial charge in [-0.05, 0) is 30.2 Å². The van der Waals surface area contributed by atoms with Gasteiger partial charge in [-0.25, -0.2) is 0 Å². The molecule has 6 heteroatoms. The topological polar surface area (TPSA) is 65.2 Å². The summed E-state index contributed by atoms with van der Waals surface area (Å²) in [6, 6.07) is 16.8. The Morgan fingerprint density at radius 2 is 1.79 bits per heavy atom. The Kier molecular flexibility index (Phi) is 5.23. The number of rotatable bonds is 6. The van der Waals surface area contributed by atoms with Gasteiger partial charge in [-0.2, -0.15) is 0 Å². The maximum Gasteiger partial charge on any atom is 0.306 e. The fourth-order valence-electron chi connectivity index (χ4n) is 2.16. The summed E-state index contributed by atoms with van der Waals surface area (Å²) in [5, 5.41) is 8.47. The van der Waals surface area contributed by atoms with E-state index in [1.165, 1.54) is 0 Å². The lowest BCUT2D eigenvalue weighted by atomic mass is 10.1. The summed E-state index contributed by atoms with van der Waals surface area (Å²) in [6.45, 7) is -0.0405. The van der Waals surface area contributed by atoms with Crippen molar-refractivity contribution in [2.24, 2.45) is 0 Å². The molecule has 0 unspecified atom stereocenters. The standard InChI is InChI=1S/C18H15ClN2O3/c19-15-9-5-4-6-13(15)10-11-17(22)23-12-16-20-21-18(24-16)14-7-2-1-3-8-14/h1-9H,10-12H2. The van der Waals surface area contributed by atoms with Crippen LogP contribution in [0.5, 0.6) is 0 Å². The van der Waals surface area contributed by atoms with Crippen LogP contribution in [0.2, 0.25) is 5.02 Å². The lowest BCUT2D eigenvalue weighted by Gasteiger charge is -2.04. The second-order valence-corrected chi connectivity index (χ2v) is 5.53. The third-order valence-electron chi connectivity index (χ3n) is 3.40. The summed E-state index contributed by atoms with van der Waals surface area (Å²) in [7, 11) is 0. The Labute approximate surface area is 144 Å². The highest BCUT2D eigenvalue weighted by atomic mass is 35.5. The number of halogens is 1. The van der Waals surface area contributed by atoms with Crippen molar-refractivity contribution >= 4 is 17.6 Å². The molecule has 0 fully saturated rings. The quantitative estimate of drug-likeness (QED) is 0.632. The first-order chi connectivity index (χ1) is 11.7. The summed E-state index contributed by atoms with van der Waals surface area (Å²) < 4.78 is 10.6. The monoisotopic (exact) mass is 342 g/mol. The Balaban J connectivity index is 1.50. The van der Waals surface area contributed by atoms with E-state index >= 15 is 0 Å². The van der Waals surface area contributed by atoms with E-state index in [0.717, 1.165) is 11.1 Å². The minimum absolute atomic E-state index is 0.0405. The number of carbonyl (C=O) groups is 1. The van der Waals surface area contributed by atoms with Crippen LogP contribution in [-0.4, -0.2) is 16.2 Å². The number of benzene rings is 2. The van der Waals surface area contributed by atoms with Crippen LogP contribution in [-0.2, 0) is 22.6 Å². The van der Waals surface area contributed by atoms with Gasteiger partial charge in [-0.1, -0.05) is 48.0 Å². The molecule has 2 aromatic carbocycles. The number of aryl methyl sites for hydroxylation is 1. The van der Waals surface area contributed by atoms with E-state index in [0.29, 0.717) is 17.3 Å². The van der Waals surface area contributed by atoms with E-state index in [1.807, 2.05) is 48.5 Å². The Hall–Kier alpha value is -2.66. The van der Waals surface area contributed by atoms with E-state index in [4.69, 9.17) is 20.8 Å². The summed E-state index contributed by atoms with van der Waals surface area (Å²) in [5.74, 6) is 0.326. The molecule has 0 bridgehead atoms. The molecule has 3 aromatic rings. The van der Waals surface area contributed by atoms with Gasteiger partial charge < -0.3 is 9.15 Å². The fraction of sp³-hybridized carbons (Fsp3) is 0.167. The molecule has 0 saturated heterocycles. The van der Waals surface area contributed by atoms with Crippen molar-refractivity contribution in [1.82, 2.24) is 10.2 Å². The Bertz CT molecular complexity index is 818. The zero-order valence-corrected chi connectivity index (χ0v) is 13.6. The molecule has 3 rings (SSSR count). The number of aromatic nitrogens is 2. The van der Waals surface area contributed by atoms with Crippen LogP contribution in [0.1, 0.15) is 17.9 Å². The minimum Gasteiger partial charge on any atom is -0.456 e. The number of carbonyl (C=O) groups excluding carboxylic acids is 1. The predicted molar refractivity (Wildman–Crippen MR) is 89.3 cm³/mol. The Morgan fingerprint density at radius 3 is 2.58 bits per heavy atom. The molecule has 5 nitrogen and oxygen atoms in total. The van der Waals surface area contributed by atoms with Gasteiger partial charge in [-0.15, -0.1) is 10.2 Å². The summed E-state index contributed by atoms with van der Waals surface area (Å²) >= 11 is 6.06. The molecule has 0 radical (unpaired) electrons. The van der Waals surface area contributed by atoms with E-state index < -0.39 is 0 Å².